The first-order valence-corrected chi connectivity index (χ1v) is 7.36. The number of phenolic OH excluding ortho intramolecular Hbond substituents is 1. The van der Waals surface area contributed by atoms with Crippen molar-refractivity contribution in [3.63, 3.8) is 0 Å². The van der Waals surface area contributed by atoms with E-state index in [0.29, 0.717) is 0 Å². The van der Waals surface area contributed by atoms with E-state index < -0.39 is 30.2 Å². The normalized spacial score (nSPS) is 10.4. The van der Waals surface area contributed by atoms with Crippen LogP contribution in [0.5, 0.6) is 5.75 Å². The summed E-state index contributed by atoms with van der Waals surface area (Å²) in [6, 6.07) is 3.83. The number of carbonyl (C=O) groups is 1. The molecule has 1 aromatic carbocycles. The van der Waals surface area contributed by atoms with Crippen molar-refractivity contribution in [2.24, 2.45) is 0 Å². The minimum Gasteiger partial charge on any atom is -0.412 e. The van der Waals surface area contributed by atoms with Crippen LogP contribution in [0.2, 0.25) is 0 Å². The van der Waals surface area contributed by atoms with E-state index in [4.69, 9.17) is 8.19 Å². The van der Waals surface area contributed by atoms with E-state index in [9.17, 15) is 13.6 Å². The van der Waals surface area contributed by atoms with Gasteiger partial charge in [0.05, 0.1) is 0 Å². The van der Waals surface area contributed by atoms with Gasteiger partial charge in [0.25, 0.3) is 0 Å². The number of hydrogen-bond donors (Lipinski definition) is 4. The van der Waals surface area contributed by atoms with Gasteiger partial charge in [0.15, 0.2) is 0 Å². The molecule has 0 aromatic heterocycles. The third kappa shape index (κ3) is 3.39. The van der Waals surface area contributed by atoms with Crippen molar-refractivity contribution >= 4 is 30.1 Å². The van der Waals surface area contributed by atoms with Crippen LogP contribution in [-0.4, -0.2) is 38.9 Å². The molecule has 1 amide bonds. The molecule has 6 N–H and O–H groups in total. The van der Waals surface area contributed by atoms with Gasteiger partial charge < -0.3 is 5.48 Å². The minimum atomic E-state index is -5.15. The Hall–Kier alpha value is -1.27. The third-order valence-electron chi connectivity index (χ3n) is 1.64. The van der Waals surface area contributed by atoms with Gasteiger partial charge in [0.1, 0.15) is 0 Å². The maximum absolute atomic E-state index is 11.0. The number of hydrogen-bond acceptors (Lipinski definition) is 3. The van der Waals surface area contributed by atoms with Crippen molar-refractivity contribution in [1.29, 1.82) is 0 Å². The first-order chi connectivity index (χ1) is 6.82. The summed E-state index contributed by atoms with van der Waals surface area (Å²) in [7, 11) is 0. The molecule has 0 radical (unpaired) electrons. The number of nitrogens with one attached hydrogen (secondary N) is 1. The van der Waals surface area contributed by atoms with Gasteiger partial charge in [-0.05, 0) is 0 Å². The average Bonchev–Trinajstić information content (AvgIpc) is 2.05. The maximum atomic E-state index is 11.0. The Labute approximate surface area is 94.0 Å². The van der Waals surface area contributed by atoms with E-state index in [-0.39, 0.29) is 11.2 Å². The fraction of sp³-hybridized carbons (Fsp3) is 0.125. The molecule has 0 unspecified atom stereocenters. The quantitative estimate of drug-likeness (QED) is 0.372. The molecule has 0 heterocycles. The van der Waals surface area contributed by atoms with Crippen molar-refractivity contribution in [3.8, 4) is 5.75 Å². The molecular weight excluding hydrogens is 281 g/mol. The standard InChI is InChI=1S/C8H10AsNO5.H2O/c1-5(11)10-7-4-2-3-6(8(7)12)9(13,14)15;/h2-4,12H,1H3,(H,10,11)(H2,13,14,15);1H2. The third-order valence-corrected chi connectivity index (χ3v) is 3.71. The van der Waals surface area contributed by atoms with E-state index in [1.165, 1.54) is 19.1 Å². The molecular formula is C8H12AsNO6. The minimum absolute atomic E-state index is 0. The Kier molecular flexibility index (Phi) is 4.77. The number of benzene rings is 1. The monoisotopic (exact) mass is 293 g/mol. The van der Waals surface area contributed by atoms with Crippen molar-refractivity contribution in [1.82, 2.24) is 0 Å². The van der Waals surface area contributed by atoms with Gasteiger partial charge in [-0.2, -0.15) is 0 Å². The summed E-state index contributed by atoms with van der Waals surface area (Å²) in [4.78, 5) is 10.7. The van der Waals surface area contributed by atoms with Gasteiger partial charge >= 0.3 is 88.1 Å². The molecule has 8 heteroatoms. The maximum Gasteiger partial charge on any atom is -0.412 e. The molecule has 0 bridgehead atoms. The molecule has 1 rings (SSSR count). The summed E-state index contributed by atoms with van der Waals surface area (Å²) >= 11 is -5.15. The first-order valence-electron chi connectivity index (χ1n) is 3.98. The molecule has 7 nitrogen and oxygen atoms in total. The predicted molar refractivity (Wildman–Crippen MR) is 56.5 cm³/mol. The molecule has 0 aliphatic carbocycles. The summed E-state index contributed by atoms with van der Waals surface area (Å²) in [5.74, 6) is -1.01. The van der Waals surface area contributed by atoms with Crippen molar-refractivity contribution in [2.45, 2.75) is 6.92 Å². The number of carbonyl (C=O) groups excluding carboxylic acids is 1. The van der Waals surface area contributed by atoms with Crippen molar-refractivity contribution in [3.05, 3.63) is 18.2 Å². The molecule has 0 aliphatic rings. The zero-order valence-electron chi connectivity index (χ0n) is 8.34. The van der Waals surface area contributed by atoms with Gasteiger partial charge in [0, 0.05) is 0 Å². The van der Waals surface area contributed by atoms with E-state index >= 15 is 0 Å². The molecule has 90 valence electrons. The second-order valence-electron chi connectivity index (χ2n) is 2.90. The van der Waals surface area contributed by atoms with E-state index in [1.807, 2.05) is 0 Å². The predicted octanol–water partition coefficient (Wildman–Crippen LogP) is -1.91. The van der Waals surface area contributed by atoms with Crippen LogP contribution in [0.4, 0.5) is 5.69 Å². The molecule has 0 aliphatic heterocycles. The van der Waals surface area contributed by atoms with Gasteiger partial charge in [-0.25, -0.2) is 0 Å². The Morgan fingerprint density at radius 2 is 1.94 bits per heavy atom. The van der Waals surface area contributed by atoms with Crippen LogP contribution in [0.1, 0.15) is 6.92 Å². The van der Waals surface area contributed by atoms with Crippen LogP contribution < -0.4 is 9.67 Å². The molecule has 0 fully saturated rings. The van der Waals surface area contributed by atoms with Crippen LogP contribution >= 0.6 is 0 Å². The zero-order chi connectivity index (χ0) is 11.6. The van der Waals surface area contributed by atoms with Crippen LogP contribution in [0.25, 0.3) is 0 Å². The second kappa shape index (κ2) is 5.18. The van der Waals surface area contributed by atoms with Crippen molar-refractivity contribution < 1.29 is 27.3 Å². The van der Waals surface area contributed by atoms with Crippen LogP contribution in [0, 0.1) is 0 Å². The number of amides is 1. The number of anilines is 1. The molecule has 0 saturated heterocycles. The fourth-order valence-electron chi connectivity index (χ4n) is 1.06. The SMILES string of the molecule is CC(=O)Nc1cccc([As](=O)(O)O)c1O.O. The van der Waals surface area contributed by atoms with Crippen molar-refractivity contribution in [2.75, 3.05) is 5.32 Å². The van der Waals surface area contributed by atoms with Gasteiger partial charge in [0.2, 0.25) is 0 Å². The van der Waals surface area contributed by atoms with Gasteiger partial charge in [-0.1, -0.05) is 0 Å². The fourth-order valence-corrected chi connectivity index (χ4v) is 2.48. The molecule has 0 saturated carbocycles. The first kappa shape index (κ1) is 14.7. The largest absolute Gasteiger partial charge is 0.412 e. The average molecular weight is 293 g/mol. The Morgan fingerprint density at radius 3 is 2.38 bits per heavy atom. The molecule has 1 aromatic rings. The number of phenols is 1. The summed E-state index contributed by atoms with van der Waals surface area (Å²) in [6.07, 6.45) is 0. The van der Waals surface area contributed by atoms with E-state index in [0.717, 1.165) is 6.07 Å². The number of para-hydroxylation sites is 1. The molecule has 0 spiro atoms. The molecule has 16 heavy (non-hydrogen) atoms. The molecule has 0 atom stereocenters. The Morgan fingerprint density at radius 1 is 1.38 bits per heavy atom. The summed E-state index contributed by atoms with van der Waals surface area (Å²) < 4.78 is 28.4. The van der Waals surface area contributed by atoms with Crippen LogP contribution in [0.3, 0.4) is 0 Å². The van der Waals surface area contributed by atoms with E-state index in [2.05, 4.69) is 5.32 Å². The number of rotatable bonds is 2. The Bertz CT molecular complexity index is 440. The van der Waals surface area contributed by atoms with Crippen LogP contribution in [0.15, 0.2) is 18.2 Å². The van der Waals surface area contributed by atoms with Crippen LogP contribution in [-0.2, 0) is 8.53 Å². The summed E-state index contributed by atoms with van der Waals surface area (Å²) in [6.45, 7) is 1.23. The second-order valence-corrected chi connectivity index (χ2v) is 6.19. The topological polar surface area (TPSA) is 138 Å². The smallest absolute Gasteiger partial charge is 0.412 e. The van der Waals surface area contributed by atoms with E-state index in [1.54, 1.807) is 0 Å². The zero-order valence-corrected chi connectivity index (χ0v) is 10.2. The van der Waals surface area contributed by atoms with Gasteiger partial charge in [-0.15, -0.1) is 0 Å². The summed E-state index contributed by atoms with van der Waals surface area (Å²) in [5.41, 5.74) is -0.00951. The van der Waals surface area contributed by atoms with Gasteiger partial charge in [-0.3, -0.25) is 0 Å². The summed E-state index contributed by atoms with van der Waals surface area (Å²) in [5, 5.41) is 11.7. The Balaban J connectivity index is 0.00000225. The number of aromatic hydroxyl groups is 1.